The Morgan fingerprint density at radius 3 is 2.35 bits per heavy atom. The number of hydrogen-bond acceptors (Lipinski definition) is 3. The predicted octanol–water partition coefficient (Wildman–Crippen LogP) is 4.13. The summed E-state index contributed by atoms with van der Waals surface area (Å²) in [6, 6.07) is 17.8. The van der Waals surface area contributed by atoms with Gasteiger partial charge in [0.2, 0.25) is 0 Å². The van der Waals surface area contributed by atoms with E-state index in [1.807, 2.05) is 37.4 Å². The van der Waals surface area contributed by atoms with Crippen LogP contribution in [0.25, 0.3) is 0 Å². The third-order valence-corrected chi connectivity index (χ3v) is 5.94. The third-order valence-electron chi connectivity index (χ3n) is 5.49. The zero-order chi connectivity index (χ0) is 18.6. The largest absolute Gasteiger partial charge is 0.393 e. The van der Waals surface area contributed by atoms with E-state index in [1.165, 1.54) is 5.56 Å². The van der Waals surface area contributed by atoms with Gasteiger partial charge in [0.25, 0.3) is 0 Å². The topological polar surface area (TPSA) is 49.3 Å². The first-order valence-corrected chi connectivity index (χ1v) is 9.66. The summed E-state index contributed by atoms with van der Waals surface area (Å²) in [5, 5.41) is 12.4. The zero-order valence-electron chi connectivity index (χ0n) is 15.1. The second-order valence-electron chi connectivity index (χ2n) is 7.18. The first kappa shape index (κ1) is 19.1. The van der Waals surface area contributed by atoms with Crippen LogP contribution in [0.4, 0.5) is 0 Å². The van der Waals surface area contributed by atoms with E-state index in [1.54, 1.807) is 0 Å². The summed E-state index contributed by atoms with van der Waals surface area (Å²) in [5.74, 6) is 0.0404. The van der Waals surface area contributed by atoms with Gasteiger partial charge in [-0.3, -0.25) is 4.79 Å². The van der Waals surface area contributed by atoms with Gasteiger partial charge in [0.15, 0.2) is 5.78 Å². The van der Waals surface area contributed by atoms with E-state index in [0.717, 1.165) is 17.7 Å². The Bertz CT molecular complexity index is 722. The highest BCUT2D eigenvalue weighted by molar-refractivity contribution is 6.32. The summed E-state index contributed by atoms with van der Waals surface area (Å²) in [7, 11) is 1.92. The van der Waals surface area contributed by atoms with Gasteiger partial charge in [0, 0.05) is 6.54 Å². The van der Waals surface area contributed by atoms with Crippen molar-refractivity contribution in [1.82, 2.24) is 5.32 Å². The summed E-state index contributed by atoms with van der Waals surface area (Å²) in [6.45, 7) is 0.794. The molecule has 3 nitrogen and oxygen atoms in total. The maximum Gasteiger partial charge on any atom is 0.165 e. The lowest BCUT2D eigenvalue weighted by Crippen LogP contribution is -2.42. The monoisotopic (exact) mass is 371 g/mol. The molecule has 0 bridgehead atoms. The van der Waals surface area contributed by atoms with Crippen molar-refractivity contribution in [2.75, 3.05) is 7.05 Å². The molecular formula is C22H26ClNO2. The molecule has 1 aliphatic rings. The van der Waals surface area contributed by atoms with Gasteiger partial charge in [0.05, 0.1) is 11.5 Å². The molecule has 138 valence electrons. The molecule has 0 radical (unpaired) electrons. The molecule has 0 spiro atoms. The molecule has 0 amide bonds. The molecule has 1 aliphatic carbocycles. The highest BCUT2D eigenvalue weighted by Crippen LogP contribution is 2.44. The van der Waals surface area contributed by atoms with Gasteiger partial charge >= 0.3 is 0 Å². The molecule has 2 aromatic rings. The number of benzene rings is 2. The molecule has 0 saturated heterocycles. The van der Waals surface area contributed by atoms with Crippen LogP contribution in [-0.2, 0) is 16.8 Å². The Hall–Kier alpha value is -1.68. The van der Waals surface area contributed by atoms with Crippen LogP contribution in [-0.4, -0.2) is 24.0 Å². The van der Waals surface area contributed by atoms with Crippen molar-refractivity contribution >= 4 is 17.4 Å². The summed E-state index contributed by atoms with van der Waals surface area (Å²) in [5.41, 5.74) is 2.40. The van der Waals surface area contributed by atoms with Crippen LogP contribution in [0.1, 0.15) is 47.8 Å². The van der Waals surface area contributed by atoms with E-state index in [9.17, 15) is 9.90 Å². The second-order valence-corrected chi connectivity index (χ2v) is 7.61. The van der Waals surface area contributed by atoms with Crippen molar-refractivity contribution in [3.8, 4) is 0 Å². The predicted molar refractivity (Wildman–Crippen MR) is 105 cm³/mol. The molecule has 0 heterocycles. The van der Waals surface area contributed by atoms with Crippen LogP contribution in [0.15, 0.2) is 54.6 Å². The SMILES string of the molecule is CNCc1ccc(C2(C(=O)C(Cl)c3ccccc3)CCC(O)CC2)cc1. The number of carbonyl (C=O) groups is 1. The minimum Gasteiger partial charge on any atom is -0.393 e. The fourth-order valence-corrected chi connectivity index (χ4v) is 4.29. The highest BCUT2D eigenvalue weighted by Gasteiger charge is 2.45. The van der Waals surface area contributed by atoms with Crippen molar-refractivity contribution in [3.05, 3.63) is 71.3 Å². The molecule has 3 rings (SSSR count). The molecule has 4 heteroatoms. The first-order chi connectivity index (χ1) is 12.6. The van der Waals surface area contributed by atoms with Crippen molar-refractivity contribution in [2.24, 2.45) is 0 Å². The lowest BCUT2D eigenvalue weighted by molar-refractivity contribution is -0.126. The molecule has 1 unspecified atom stereocenters. The van der Waals surface area contributed by atoms with Crippen LogP contribution in [0, 0.1) is 0 Å². The number of Topliss-reactive ketones (excluding diaryl/α,β-unsaturated/α-hetero) is 1. The van der Waals surface area contributed by atoms with Gasteiger partial charge in [-0.2, -0.15) is 0 Å². The van der Waals surface area contributed by atoms with Crippen molar-refractivity contribution in [3.63, 3.8) is 0 Å². The van der Waals surface area contributed by atoms with Gasteiger partial charge in [0.1, 0.15) is 5.38 Å². The average molecular weight is 372 g/mol. The van der Waals surface area contributed by atoms with E-state index >= 15 is 0 Å². The molecule has 2 N–H and O–H groups in total. The normalized spacial score (nSPS) is 24.2. The van der Waals surface area contributed by atoms with E-state index in [0.29, 0.717) is 25.7 Å². The van der Waals surface area contributed by atoms with Crippen LogP contribution >= 0.6 is 11.6 Å². The van der Waals surface area contributed by atoms with Crippen LogP contribution < -0.4 is 5.32 Å². The van der Waals surface area contributed by atoms with Crippen LogP contribution in [0.5, 0.6) is 0 Å². The van der Waals surface area contributed by atoms with E-state index in [4.69, 9.17) is 11.6 Å². The lowest BCUT2D eigenvalue weighted by Gasteiger charge is -2.39. The smallest absolute Gasteiger partial charge is 0.165 e. The number of hydrogen-bond donors (Lipinski definition) is 2. The van der Waals surface area contributed by atoms with Gasteiger partial charge in [-0.05, 0) is 49.4 Å². The fraction of sp³-hybridized carbons (Fsp3) is 0.409. The first-order valence-electron chi connectivity index (χ1n) is 9.22. The Kier molecular flexibility index (Phi) is 6.13. The van der Waals surface area contributed by atoms with Crippen molar-refractivity contribution in [2.45, 2.75) is 49.1 Å². The molecular weight excluding hydrogens is 346 g/mol. The summed E-state index contributed by atoms with van der Waals surface area (Å²) in [6.07, 6.45) is 2.19. The second kappa shape index (κ2) is 8.34. The number of rotatable bonds is 6. The van der Waals surface area contributed by atoms with Gasteiger partial charge in [-0.1, -0.05) is 54.6 Å². The number of carbonyl (C=O) groups excluding carboxylic acids is 1. The number of aliphatic hydroxyl groups is 1. The lowest BCUT2D eigenvalue weighted by atomic mass is 9.65. The standard InChI is InChI=1S/C22H26ClNO2/c1-24-15-16-7-9-18(10-8-16)22(13-11-19(25)12-14-22)21(26)20(23)17-5-3-2-4-6-17/h2-10,19-20,24-25H,11-15H2,1H3. The van der Waals surface area contributed by atoms with Gasteiger partial charge in [-0.15, -0.1) is 11.6 Å². The number of aliphatic hydroxyl groups excluding tert-OH is 1. The number of nitrogens with one attached hydrogen (secondary N) is 1. The van der Waals surface area contributed by atoms with Gasteiger partial charge < -0.3 is 10.4 Å². The summed E-state index contributed by atoms with van der Waals surface area (Å²) < 4.78 is 0. The van der Waals surface area contributed by atoms with Crippen LogP contribution in [0.2, 0.25) is 0 Å². The van der Waals surface area contributed by atoms with E-state index in [-0.39, 0.29) is 11.9 Å². The highest BCUT2D eigenvalue weighted by atomic mass is 35.5. The van der Waals surface area contributed by atoms with E-state index in [2.05, 4.69) is 29.6 Å². The number of halogens is 1. The molecule has 0 aromatic heterocycles. The van der Waals surface area contributed by atoms with Gasteiger partial charge in [-0.25, -0.2) is 0 Å². The summed E-state index contributed by atoms with van der Waals surface area (Å²) >= 11 is 6.62. The Balaban J connectivity index is 1.95. The molecule has 26 heavy (non-hydrogen) atoms. The quantitative estimate of drug-likeness (QED) is 0.751. The Morgan fingerprint density at radius 2 is 1.77 bits per heavy atom. The molecule has 1 atom stereocenters. The van der Waals surface area contributed by atoms with E-state index < -0.39 is 10.8 Å². The molecule has 1 fully saturated rings. The minimum atomic E-state index is -0.677. The third kappa shape index (κ3) is 3.85. The molecule has 0 aliphatic heterocycles. The molecule has 1 saturated carbocycles. The maximum absolute atomic E-state index is 13.5. The molecule has 2 aromatic carbocycles. The fourth-order valence-electron chi connectivity index (χ4n) is 3.93. The van der Waals surface area contributed by atoms with Crippen LogP contribution in [0.3, 0.4) is 0 Å². The average Bonchev–Trinajstić information content (AvgIpc) is 2.69. The van der Waals surface area contributed by atoms with Crippen molar-refractivity contribution in [1.29, 1.82) is 0 Å². The summed E-state index contributed by atoms with van der Waals surface area (Å²) in [4.78, 5) is 13.5. The number of ketones is 1. The number of alkyl halides is 1. The maximum atomic E-state index is 13.5. The Labute approximate surface area is 160 Å². The Morgan fingerprint density at radius 1 is 1.15 bits per heavy atom. The minimum absolute atomic E-state index is 0.0404. The zero-order valence-corrected chi connectivity index (χ0v) is 15.9. The van der Waals surface area contributed by atoms with Crippen molar-refractivity contribution < 1.29 is 9.90 Å².